The summed E-state index contributed by atoms with van der Waals surface area (Å²) in [5.74, 6) is 3.31. The van der Waals surface area contributed by atoms with E-state index in [9.17, 15) is 0 Å². The molecule has 0 amide bonds. The summed E-state index contributed by atoms with van der Waals surface area (Å²) < 4.78 is 0. The maximum atomic E-state index is 6.04. The number of aromatic nitrogens is 2. The smallest absolute Gasteiger partial charge is 0.134 e. The Hall–Kier alpha value is -1.36. The van der Waals surface area contributed by atoms with Gasteiger partial charge in [0.2, 0.25) is 0 Å². The van der Waals surface area contributed by atoms with Gasteiger partial charge >= 0.3 is 0 Å². The monoisotopic (exact) mass is 263 g/mol. The number of hydrogen-bond donors (Lipinski definition) is 2. The highest BCUT2D eigenvalue weighted by atomic mass is 15.2. The van der Waals surface area contributed by atoms with Gasteiger partial charge in [0.15, 0.2) is 0 Å². The summed E-state index contributed by atoms with van der Waals surface area (Å²) in [6, 6.07) is 2.30. The van der Waals surface area contributed by atoms with Crippen molar-refractivity contribution in [2.45, 2.75) is 39.7 Å². The summed E-state index contributed by atoms with van der Waals surface area (Å²) in [6.45, 7) is 9.16. The number of aryl methyl sites for hydroxylation is 1. The van der Waals surface area contributed by atoms with E-state index < -0.39 is 0 Å². The lowest BCUT2D eigenvalue weighted by Crippen LogP contribution is -2.43. The fourth-order valence-electron chi connectivity index (χ4n) is 2.33. The van der Waals surface area contributed by atoms with Crippen LogP contribution in [-0.4, -0.2) is 35.6 Å². The van der Waals surface area contributed by atoms with Gasteiger partial charge in [-0.05, 0) is 25.7 Å². The van der Waals surface area contributed by atoms with Crippen LogP contribution in [0.4, 0.5) is 11.6 Å². The molecule has 0 spiro atoms. The fourth-order valence-corrected chi connectivity index (χ4v) is 2.33. The summed E-state index contributed by atoms with van der Waals surface area (Å²) in [5.41, 5.74) is 6.04. The van der Waals surface area contributed by atoms with Crippen molar-refractivity contribution >= 4 is 11.6 Å². The minimum absolute atomic E-state index is 0.260. The summed E-state index contributed by atoms with van der Waals surface area (Å²) in [5, 5.41) is 3.37. The molecule has 0 aromatic carbocycles. The van der Waals surface area contributed by atoms with E-state index in [0.717, 1.165) is 49.9 Å². The van der Waals surface area contributed by atoms with Crippen LogP contribution >= 0.6 is 0 Å². The molecule has 1 aromatic rings. The number of hydrogen-bond acceptors (Lipinski definition) is 5. The molecular formula is C14H25N5. The normalized spacial score (nSPS) is 19.8. The van der Waals surface area contributed by atoms with E-state index in [0.29, 0.717) is 5.92 Å². The van der Waals surface area contributed by atoms with Crippen molar-refractivity contribution in [3.8, 4) is 0 Å². The Balaban J connectivity index is 2.11. The second kappa shape index (κ2) is 6.19. The van der Waals surface area contributed by atoms with Crippen molar-refractivity contribution in [2.24, 2.45) is 11.7 Å². The Morgan fingerprint density at radius 3 is 2.95 bits per heavy atom. The van der Waals surface area contributed by atoms with Crippen molar-refractivity contribution in [3.05, 3.63) is 11.9 Å². The van der Waals surface area contributed by atoms with Crippen LogP contribution in [0.15, 0.2) is 6.07 Å². The van der Waals surface area contributed by atoms with Crippen molar-refractivity contribution < 1.29 is 0 Å². The predicted octanol–water partition coefficient (Wildman–Crippen LogP) is 1.78. The Bertz CT molecular complexity index is 418. The molecular weight excluding hydrogens is 238 g/mol. The molecule has 1 aromatic heterocycles. The number of nitrogens with two attached hydrogens (primary N) is 1. The number of piperidine rings is 1. The van der Waals surface area contributed by atoms with Gasteiger partial charge in [-0.3, -0.25) is 0 Å². The third-order valence-corrected chi connectivity index (χ3v) is 3.30. The summed E-state index contributed by atoms with van der Waals surface area (Å²) in [7, 11) is 0. The van der Waals surface area contributed by atoms with E-state index >= 15 is 0 Å². The van der Waals surface area contributed by atoms with E-state index in [-0.39, 0.29) is 6.04 Å². The molecule has 5 heteroatoms. The highest BCUT2D eigenvalue weighted by Crippen LogP contribution is 2.20. The van der Waals surface area contributed by atoms with Gasteiger partial charge in [0, 0.05) is 31.7 Å². The molecule has 2 heterocycles. The molecule has 1 saturated heterocycles. The van der Waals surface area contributed by atoms with E-state index in [4.69, 9.17) is 5.73 Å². The summed E-state index contributed by atoms with van der Waals surface area (Å²) in [6.07, 6.45) is 2.25. The lowest BCUT2D eigenvalue weighted by atomic mass is 10.1. The molecule has 106 valence electrons. The van der Waals surface area contributed by atoms with E-state index in [2.05, 4.69) is 34.0 Å². The third-order valence-electron chi connectivity index (χ3n) is 3.30. The Labute approximate surface area is 115 Å². The van der Waals surface area contributed by atoms with Crippen LogP contribution in [0.3, 0.4) is 0 Å². The number of rotatable bonds is 4. The molecule has 0 aliphatic carbocycles. The molecule has 0 bridgehead atoms. The van der Waals surface area contributed by atoms with Crippen LogP contribution in [0.2, 0.25) is 0 Å². The van der Waals surface area contributed by atoms with Crippen molar-refractivity contribution in [1.82, 2.24) is 9.97 Å². The Morgan fingerprint density at radius 2 is 2.26 bits per heavy atom. The SMILES string of the molecule is Cc1nc(NCC(C)C)cc(N2CCCC(N)C2)n1. The molecule has 1 aliphatic heterocycles. The minimum Gasteiger partial charge on any atom is -0.370 e. The highest BCUT2D eigenvalue weighted by Gasteiger charge is 2.18. The van der Waals surface area contributed by atoms with Crippen LogP contribution in [0.25, 0.3) is 0 Å². The van der Waals surface area contributed by atoms with Gasteiger partial charge in [-0.25, -0.2) is 9.97 Å². The zero-order valence-corrected chi connectivity index (χ0v) is 12.2. The van der Waals surface area contributed by atoms with E-state index in [1.807, 2.05) is 13.0 Å². The second-order valence-corrected chi connectivity index (χ2v) is 5.78. The zero-order chi connectivity index (χ0) is 13.8. The molecule has 2 rings (SSSR count). The first kappa shape index (κ1) is 14.1. The summed E-state index contributed by atoms with van der Waals surface area (Å²) >= 11 is 0. The van der Waals surface area contributed by atoms with Crippen LogP contribution < -0.4 is 16.0 Å². The zero-order valence-electron chi connectivity index (χ0n) is 12.2. The maximum Gasteiger partial charge on any atom is 0.134 e. The minimum atomic E-state index is 0.260. The molecule has 3 N–H and O–H groups in total. The van der Waals surface area contributed by atoms with Crippen LogP contribution in [-0.2, 0) is 0 Å². The number of nitrogens with zero attached hydrogens (tertiary/aromatic N) is 3. The van der Waals surface area contributed by atoms with Gasteiger partial charge in [-0.2, -0.15) is 0 Å². The topological polar surface area (TPSA) is 67.1 Å². The van der Waals surface area contributed by atoms with Crippen molar-refractivity contribution in [3.63, 3.8) is 0 Å². The average molecular weight is 263 g/mol. The van der Waals surface area contributed by atoms with Gasteiger partial charge in [0.05, 0.1) is 0 Å². The first-order valence-corrected chi connectivity index (χ1v) is 7.14. The first-order chi connectivity index (χ1) is 9.04. The predicted molar refractivity (Wildman–Crippen MR) is 79.5 cm³/mol. The van der Waals surface area contributed by atoms with Gasteiger partial charge in [-0.15, -0.1) is 0 Å². The van der Waals surface area contributed by atoms with Crippen molar-refractivity contribution in [1.29, 1.82) is 0 Å². The molecule has 0 saturated carbocycles. The molecule has 1 atom stereocenters. The van der Waals surface area contributed by atoms with Gasteiger partial charge < -0.3 is 16.0 Å². The molecule has 5 nitrogen and oxygen atoms in total. The first-order valence-electron chi connectivity index (χ1n) is 7.14. The largest absolute Gasteiger partial charge is 0.370 e. The van der Waals surface area contributed by atoms with Crippen LogP contribution in [0.1, 0.15) is 32.5 Å². The van der Waals surface area contributed by atoms with Crippen molar-refractivity contribution in [2.75, 3.05) is 29.9 Å². The van der Waals surface area contributed by atoms with Gasteiger partial charge in [-0.1, -0.05) is 13.8 Å². The van der Waals surface area contributed by atoms with E-state index in [1.165, 1.54) is 0 Å². The van der Waals surface area contributed by atoms with Gasteiger partial charge in [0.25, 0.3) is 0 Å². The van der Waals surface area contributed by atoms with Gasteiger partial charge in [0.1, 0.15) is 17.5 Å². The third kappa shape index (κ3) is 4.06. The second-order valence-electron chi connectivity index (χ2n) is 5.78. The van der Waals surface area contributed by atoms with Crippen LogP contribution in [0, 0.1) is 12.8 Å². The molecule has 19 heavy (non-hydrogen) atoms. The lowest BCUT2D eigenvalue weighted by Gasteiger charge is -2.32. The Morgan fingerprint density at radius 1 is 1.47 bits per heavy atom. The molecule has 1 unspecified atom stereocenters. The lowest BCUT2D eigenvalue weighted by molar-refractivity contribution is 0.502. The standard InChI is InChI=1S/C14H25N5/c1-10(2)8-16-13-7-14(18-11(3)17-13)19-6-4-5-12(15)9-19/h7,10,12H,4-6,8-9,15H2,1-3H3,(H,16,17,18). The molecule has 1 fully saturated rings. The summed E-state index contributed by atoms with van der Waals surface area (Å²) in [4.78, 5) is 11.2. The molecule has 0 radical (unpaired) electrons. The highest BCUT2D eigenvalue weighted by molar-refractivity contribution is 5.49. The number of nitrogens with one attached hydrogen (secondary N) is 1. The fraction of sp³-hybridized carbons (Fsp3) is 0.714. The average Bonchev–Trinajstić information content (AvgIpc) is 2.36. The molecule has 1 aliphatic rings. The van der Waals surface area contributed by atoms with E-state index in [1.54, 1.807) is 0 Å². The Kier molecular flexibility index (Phi) is 4.58. The quantitative estimate of drug-likeness (QED) is 0.866. The van der Waals surface area contributed by atoms with Crippen LogP contribution in [0.5, 0.6) is 0 Å². The number of anilines is 2. The maximum absolute atomic E-state index is 6.04.